The number of imide groups is 1. The van der Waals surface area contributed by atoms with Gasteiger partial charge in [0.2, 0.25) is 16.9 Å². The molecule has 1 aliphatic heterocycles. The number of fused-ring (bicyclic) bond motifs is 1. The summed E-state index contributed by atoms with van der Waals surface area (Å²) in [6.45, 7) is 1.99. The van der Waals surface area contributed by atoms with Crippen LogP contribution < -0.4 is 0 Å². The van der Waals surface area contributed by atoms with Gasteiger partial charge in [-0.05, 0) is 19.8 Å². The largest absolute Gasteiger partial charge is 0.285 e. The van der Waals surface area contributed by atoms with E-state index in [0.29, 0.717) is 18.4 Å². The van der Waals surface area contributed by atoms with E-state index < -0.39 is 0 Å². The van der Waals surface area contributed by atoms with Crippen molar-refractivity contribution >= 4 is 28.7 Å². The molecular formula is C18H19NO3S. The van der Waals surface area contributed by atoms with Crippen molar-refractivity contribution < 1.29 is 14.4 Å². The number of benzene rings is 1. The Morgan fingerprint density at radius 1 is 1.17 bits per heavy atom. The van der Waals surface area contributed by atoms with Crippen LogP contribution in [-0.4, -0.2) is 34.1 Å². The van der Waals surface area contributed by atoms with Crippen molar-refractivity contribution in [1.29, 1.82) is 0 Å². The third-order valence-electron chi connectivity index (χ3n) is 4.69. The Bertz CT molecular complexity index is 683. The lowest BCUT2D eigenvalue weighted by atomic mass is 9.80. The first-order valence-electron chi connectivity index (χ1n) is 7.75. The van der Waals surface area contributed by atoms with Gasteiger partial charge in [0.05, 0.1) is 11.8 Å². The van der Waals surface area contributed by atoms with E-state index in [1.54, 1.807) is 7.05 Å². The van der Waals surface area contributed by atoms with E-state index in [0.717, 1.165) is 5.57 Å². The second kappa shape index (κ2) is 6.32. The van der Waals surface area contributed by atoms with Crippen LogP contribution >= 0.6 is 11.8 Å². The number of allylic oxidation sites excluding steroid dienone is 1. The summed E-state index contributed by atoms with van der Waals surface area (Å²) < 4.78 is 0. The minimum Gasteiger partial charge on any atom is -0.285 e. The Balaban J connectivity index is 1.69. The molecule has 0 aromatic heterocycles. The molecule has 4 nitrogen and oxygen atoms in total. The van der Waals surface area contributed by atoms with Crippen LogP contribution in [-0.2, 0) is 9.59 Å². The molecule has 1 heterocycles. The SMILES string of the molecule is CC(SC(=O)c1ccccc1)C1=CC[C@@H]2C(=O)N(C)C(=O)[C@@H]2C1. The van der Waals surface area contributed by atoms with Gasteiger partial charge in [0.25, 0.3) is 0 Å². The number of nitrogens with zero attached hydrogens (tertiary/aromatic N) is 1. The van der Waals surface area contributed by atoms with E-state index in [4.69, 9.17) is 0 Å². The summed E-state index contributed by atoms with van der Waals surface area (Å²) in [5.74, 6) is -0.617. The molecule has 1 aromatic rings. The van der Waals surface area contributed by atoms with Gasteiger partial charge in [0.1, 0.15) is 0 Å². The molecule has 0 spiro atoms. The molecule has 1 saturated heterocycles. The molecule has 1 aliphatic carbocycles. The molecule has 1 fully saturated rings. The van der Waals surface area contributed by atoms with E-state index >= 15 is 0 Å². The zero-order chi connectivity index (χ0) is 16.6. The fourth-order valence-electron chi connectivity index (χ4n) is 3.27. The number of rotatable bonds is 3. The Kier molecular flexibility index (Phi) is 4.39. The van der Waals surface area contributed by atoms with Gasteiger partial charge in [-0.2, -0.15) is 0 Å². The number of hydrogen-bond acceptors (Lipinski definition) is 4. The van der Waals surface area contributed by atoms with E-state index in [1.807, 2.05) is 43.3 Å². The van der Waals surface area contributed by atoms with Gasteiger partial charge < -0.3 is 0 Å². The maximum Gasteiger partial charge on any atom is 0.233 e. The van der Waals surface area contributed by atoms with Gasteiger partial charge in [-0.3, -0.25) is 19.3 Å². The van der Waals surface area contributed by atoms with Crippen molar-refractivity contribution in [3.63, 3.8) is 0 Å². The molecule has 1 unspecified atom stereocenters. The molecule has 23 heavy (non-hydrogen) atoms. The van der Waals surface area contributed by atoms with Crippen LogP contribution in [0.15, 0.2) is 42.0 Å². The molecule has 1 aromatic carbocycles. The Labute approximate surface area is 139 Å². The summed E-state index contributed by atoms with van der Waals surface area (Å²) in [7, 11) is 1.56. The van der Waals surface area contributed by atoms with Crippen LogP contribution in [0.5, 0.6) is 0 Å². The van der Waals surface area contributed by atoms with E-state index in [9.17, 15) is 14.4 Å². The van der Waals surface area contributed by atoms with Crippen molar-refractivity contribution in [1.82, 2.24) is 4.90 Å². The highest BCUT2D eigenvalue weighted by atomic mass is 32.2. The molecule has 3 rings (SSSR count). The van der Waals surface area contributed by atoms with Crippen LogP contribution in [0, 0.1) is 11.8 Å². The molecule has 0 saturated carbocycles. The summed E-state index contributed by atoms with van der Waals surface area (Å²) in [5.41, 5.74) is 1.78. The molecular weight excluding hydrogens is 310 g/mol. The molecule has 2 aliphatic rings. The number of amides is 2. The van der Waals surface area contributed by atoms with Gasteiger partial charge in [-0.1, -0.05) is 53.7 Å². The highest BCUT2D eigenvalue weighted by Gasteiger charge is 2.47. The van der Waals surface area contributed by atoms with Crippen LogP contribution in [0.3, 0.4) is 0 Å². The Hall–Kier alpha value is -1.88. The fourth-order valence-corrected chi connectivity index (χ4v) is 4.21. The highest BCUT2D eigenvalue weighted by Crippen LogP contribution is 2.40. The molecule has 5 heteroatoms. The van der Waals surface area contributed by atoms with Gasteiger partial charge in [-0.25, -0.2) is 0 Å². The van der Waals surface area contributed by atoms with Crippen LogP contribution in [0.2, 0.25) is 0 Å². The quantitative estimate of drug-likeness (QED) is 0.632. The minimum absolute atomic E-state index is 0.0115. The summed E-state index contributed by atoms with van der Waals surface area (Å²) in [5, 5.41) is 0.0459. The minimum atomic E-state index is -0.248. The second-order valence-corrected chi connectivity index (χ2v) is 7.39. The van der Waals surface area contributed by atoms with Crippen molar-refractivity contribution in [2.75, 3.05) is 7.05 Å². The van der Waals surface area contributed by atoms with Crippen LogP contribution in [0.1, 0.15) is 30.1 Å². The number of carbonyl (C=O) groups excluding carboxylic acids is 3. The maximum absolute atomic E-state index is 12.3. The molecule has 2 amide bonds. The Morgan fingerprint density at radius 2 is 1.83 bits per heavy atom. The summed E-state index contributed by atoms with van der Waals surface area (Å²) in [4.78, 5) is 37.7. The third kappa shape index (κ3) is 2.98. The first kappa shape index (κ1) is 16.0. The third-order valence-corrected chi connectivity index (χ3v) is 5.79. The zero-order valence-electron chi connectivity index (χ0n) is 13.2. The average Bonchev–Trinajstić information content (AvgIpc) is 2.79. The fraction of sp³-hybridized carbons (Fsp3) is 0.389. The first-order valence-corrected chi connectivity index (χ1v) is 8.63. The van der Waals surface area contributed by atoms with E-state index in [2.05, 4.69) is 0 Å². The Morgan fingerprint density at radius 3 is 2.52 bits per heavy atom. The summed E-state index contributed by atoms with van der Waals surface area (Å²) >= 11 is 1.28. The standard InChI is InChI=1S/C18H19NO3S/c1-11(23-18(22)12-6-4-3-5-7-12)13-8-9-14-15(10-13)17(21)19(2)16(14)20/h3-8,11,14-15H,9-10H2,1-2H3/t11?,14-,15+/m0/s1. The molecule has 0 N–H and O–H groups in total. The topological polar surface area (TPSA) is 54.5 Å². The van der Waals surface area contributed by atoms with Crippen LogP contribution in [0.25, 0.3) is 0 Å². The number of likely N-dealkylation sites (tertiary alicyclic amines) is 1. The van der Waals surface area contributed by atoms with Crippen molar-refractivity contribution in [2.45, 2.75) is 25.0 Å². The van der Waals surface area contributed by atoms with Gasteiger partial charge in [0.15, 0.2) is 0 Å². The smallest absolute Gasteiger partial charge is 0.233 e. The normalized spacial score (nSPS) is 25.1. The maximum atomic E-state index is 12.3. The monoisotopic (exact) mass is 329 g/mol. The van der Waals surface area contributed by atoms with Crippen molar-refractivity contribution in [3.05, 3.63) is 47.5 Å². The van der Waals surface area contributed by atoms with Gasteiger partial charge >= 0.3 is 0 Å². The lowest BCUT2D eigenvalue weighted by Gasteiger charge is -2.25. The zero-order valence-corrected chi connectivity index (χ0v) is 14.0. The molecule has 120 valence electrons. The van der Waals surface area contributed by atoms with Crippen molar-refractivity contribution in [3.8, 4) is 0 Å². The molecule has 0 bridgehead atoms. The number of hydrogen-bond donors (Lipinski definition) is 0. The van der Waals surface area contributed by atoms with Crippen LogP contribution in [0.4, 0.5) is 0 Å². The van der Waals surface area contributed by atoms with E-state index in [-0.39, 0.29) is 34.0 Å². The second-order valence-electron chi connectivity index (χ2n) is 6.08. The first-order chi connectivity index (χ1) is 11.0. The lowest BCUT2D eigenvalue weighted by Crippen LogP contribution is -2.26. The number of carbonyl (C=O) groups is 3. The summed E-state index contributed by atoms with van der Waals surface area (Å²) in [6.07, 6.45) is 3.22. The highest BCUT2D eigenvalue weighted by molar-refractivity contribution is 8.14. The van der Waals surface area contributed by atoms with Crippen molar-refractivity contribution in [2.24, 2.45) is 11.8 Å². The van der Waals surface area contributed by atoms with E-state index in [1.165, 1.54) is 16.7 Å². The predicted molar refractivity (Wildman–Crippen MR) is 89.9 cm³/mol. The number of thioether (sulfide) groups is 1. The molecule has 0 radical (unpaired) electrons. The predicted octanol–water partition coefficient (Wildman–Crippen LogP) is 2.90. The van der Waals surface area contributed by atoms with Gasteiger partial charge in [-0.15, -0.1) is 0 Å². The lowest BCUT2D eigenvalue weighted by molar-refractivity contribution is -0.138. The molecule has 3 atom stereocenters. The summed E-state index contributed by atoms with van der Waals surface area (Å²) in [6, 6.07) is 9.19. The average molecular weight is 329 g/mol. The van der Waals surface area contributed by atoms with Gasteiger partial charge in [0, 0.05) is 17.9 Å².